The summed E-state index contributed by atoms with van der Waals surface area (Å²) < 4.78 is 19.3. The van der Waals surface area contributed by atoms with Crippen LogP contribution in [0.25, 0.3) is 0 Å². The number of rotatable bonds is 6. The Morgan fingerprint density at radius 1 is 1.64 bits per heavy atom. The van der Waals surface area contributed by atoms with Crippen molar-refractivity contribution < 1.29 is 13.9 Å². The Kier molecular flexibility index (Phi) is 5.94. The molecule has 4 nitrogen and oxygen atoms in total. The highest BCUT2D eigenvalue weighted by Gasteiger charge is 2.32. The third-order valence-corrected chi connectivity index (χ3v) is 3.95. The predicted octanol–water partition coefficient (Wildman–Crippen LogP) is 2.59. The monoisotopic (exact) mass is 326 g/mol. The minimum atomic E-state index is -0.467. The zero-order valence-electron chi connectivity index (χ0n) is 12.4. The van der Waals surface area contributed by atoms with Gasteiger partial charge in [-0.1, -0.05) is 23.7 Å². The zero-order valence-corrected chi connectivity index (χ0v) is 13.2. The van der Waals surface area contributed by atoms with Crippen molar-refractivity contribution in [2.75, 3.05) is 13.2 Å². The molecule has 0 aromatic heterocycles. The molecule has 1 saturated heterocycles. The molecule has 120 valence electrons. The molecule has 1 aliphatic rings. The van der Waals surface area contributed by atoms with Gasteiger partial charge in [-0.2, -0.15) is 0 Å². The molecule has 0 aliphatic carbocycles. The summed E-state index contributed by atoms with van der Waals surface area (Å²) in [4.78, 5) is 11.9. The van der Waals surface area contributed by atoms with Gasteiger partial charge in [0.2, 0.25) is 5.91 Å². The summed E-state index contributed by atoms with van der Waals surface area (Å²) in [5.41, 5.74) is 0.718. The van der Waals surface area contributed by atoms with E-state index in [0.717, 1.165) is 12.0 Å². The Bertz CT molecular complexity index is 553. The van der Waals surface area contributed by atoms with Crippen molar-refractivity contribution in [2.45, 2.75) is 31.5 Å². The number of nitrogens with one attached hydrogen (secondary N) is 2. The van der Waals surface area contributed by atoms with Crippen LogP contribution in [0.1, 0.15) is 25.0 Å². The van der Waals surface area contributed by atoms with E-state index in [1.54, 1.807) is 19.1 Å². The molecule has 0 bridgehead atoms. The third kappa shape index (κ3) is 4.06. The minimum absolute atomic E-state index is 0.0509. The van der Waals surface area contributed by atoms with Crippen LogP contribution < -0.4 is 10.6 Å². The number of hydrogen-bond acceptors (Lipinski definition) is 3. The Hall–Kier alpha value is -1.43. The molecule has 1 aliphatic heterocycles. The first-order valence-corrected chi connectivity index (χ1v) is 7.62. The summed E-state index contributed by atoms with van der Waals surface area (Å²) in [6.45, 7) is 6.34. The maximum absolute atomic E-state index is 13.6. The van der Waals surface area contributed by atoms with E-state index in [1.807, 2.05) is 0 Å². The summed E-state index contributed by atoms with van der Waals surface area (Å²) in [6, 6.07) is 4.23. The third-order valence-electron chi connectivity index (χ3n) is 3.64. The van der Waals surface area contributed by atoms with Crippen molar-refractivity contribution in [3.8, 4) is 0 Å². The standard InChI is InChI=1S/C16H20ClFN2O2/c1-3-7-19-16(21)10(2)20-14-6-8-22-15(14)11-4-5-12(17)13(18)9-11/h3-5,9-10,14-15,20H,1,6-8H2,2H3,(H,19,21)/t10-,14-,15+/m0/s1. The van der Waals surface area contributed by atoms with Crippen LogP contribution in [0.3, 0.4) is 0 Å². The number of carbonyl (C=O) groups excluding carboxylic acids is 1. The number of hydrogen-bond donors (Lipinski definition) is 2. The van der Waals surface area contributed by atoms with Crippen LogP contribution in [0, 0.1) is 5.82 Å². The molecule has 1 heterocycles. The van der Waals surface area contributed by atoms with Gasteiger partial charge in [0.25, 0.3) is 0 Å². The Labute approximate surface area is 134 Å². The topological polar surface area (TPSA) is 50.4 Å². The van der Waals surface area contributed by atoms with Gasteiger partial charge in [0.1, 0.15) is 5.82 Å². The fraction of sp³-hybridized carbons (Fsp3) is 0.438. The Balaban J connectivity index is 2.02. The number of ether oxygens (including phenoxy) is 1. The second-order valence-electron chi connectivity index (χ2n) is 5.28. The first kappa shape index (κ1) is 16.9. The Morgan fingerprint density at radius 2 is 2.41 bits per heavy atom. The molecule has 1 aromatic rings. The van der Waals surface area contributed by atoms with Gasteiger partial charge in [-0.05, 0) is 31.0 Å². The van der Waals surface area contributed by atoms with Gasteiger partial charge in [-0.25, -0.2) is 4.39 Å². The summed E-state index contributed by atoms with van der Waals surface area (Å²) in [6.07, 6.45) is 2.10. The second-order valence-corrected chi connectivity index (χ2v) is 5.69. The normalized spacial score (nSPS) is 22.3. The molecule has 0 saturated carbocycles. The van der Waals surface area contributed by atoms with Crippen molar-refractivity contribution >= 4 is 17.5 Å². The summed E-state index contributed by atoms with van der Waals surface area (Å²) >= 11 is 5.71. The van der Waals surface area contributed by atoms with Crippen LogP contribution in [-0.4, -0.2) is 31.1 Å². The molecule has 2 rings (SSSR count). The lowest BCUT2D eigenvalue weighted by atomic mass is 10.0. The second kappa shape index (κ2) is 7.72. The molecule has 1 fully saturated rings. The lowest BCUT2D eigenvalue weighted by Gasteiger charge is -2.24. The molecule has 2 N–H and O–H groups in total. The van der Waals surface area contributed by atoms with Gasteiger partial charge < -0.3 is 15.4 Å². The average molecular weight is 327 g/mol. The van der Waals surface area contributed by atoms with E-state index in [0.29, 0.717) is 13.2 Å². The first-order valence-electron chi connectivity index (χ1n) is 7.24. The fourth-order valence-electron chi connectivity index (χ4n) is 2.50. The summed E-state index contributed by atoms with van der Waals surface area (Å²) in [5, 5.41) is 6.07. The quantitative estimate of drug-likeness (QED) is 0.790. The van der Waals surface area contributed by atoms with Crippen molar-refractivity contribution in [1.82, 2.24) is 10.6 Å². The number of carbonyl (C=O) groups is 1. The first-order chi connectivity index (χ1) is 10.5. The van der Waals surface area contributed by atoms with Gasteiger partial charge >= 0.3 is 0 Å². The molecule has 22 heavy (non-hydrogen) atoms. The molecule has 1 aromatic carbocycles. The van der Waals surface area contributed by atoms with Crippen LogP contribution in [0.5, 0.6) is 0 Å². The fourth-order valence-corrected chi connectivity index (χ4v) is 2.62. The van der Waals surface area contributed by atoms with Crippen molar-refractivity contribution in [1.29, 1.82) is 0 Å². The molecule has 0 spiro atoms. The molecule has 3 atom stereocenters. The van der Waals surface area contributed by atoms with E-state index in [2.05, 4.69) is 17.2 Å². The summed E-state index contributed by atoms with van der Waals surface area (Å²) in [5.74, 6) is -0.571. The molecule has 0 radical (unpaired) electrons. The van der Waals surface area contributed by atoms with Gasteiger partial charge in [-0.3, -0.25) is 4.79 Å². The molecule has 6 heteroatoms. The largest absolute Gasteiger partial charge is 0.372 e. The highest BCUT2D eigenvalue weighted by molar-refractivity contribution is 6.30. The van der Waals surface area contributed by atoms with E-state index in [1.165, 1.54) is 12.1 Å². The van der Waals surface area contributed by atoms with E-state index >= 15 is 0 Å². The molecular weight excluding hydrogens is 307 g/mol. The molecular formula is C16H20ClFN2O2. The lowest BCUT2D eigenvalue weighted by Crippen LogP contribution is -2.47. The van der Waals surface area contributed by atoms with Crippen molar-refractivity contribution in [2.24, 2.45) is 0 Å². The number of benzene rings is 1. The van der Waals surface area contributed by atoms with Crippen LogP contribution in [0.15, 0.2) is 30.9 Å². The van der Waals surface area contributed by atoms with E-state index < -0.39 is 5.82 Å². The lowest BCUT2D eigenvalue weighted by molar-refractivity contribution is -0.122. The predicted molar refractivity (Wildman–Crippen MR) is 84.3 cm³/mol. The maximum Gasteiger partial charge on any atom is 0.237 e. The number of halogens is 2. The SMILES string of the molecule is C=CCNC(=O)[C@H](C)N[C@H]1CCO[C@@H]1c1ccc(Cl)c(F)c1. The number of amides is 1. The smallest absolute Gasteiger partial charge is 0.237 e. The summed E-state index contributed by atoms with van der Waals surface area (Å²) in [7, 11) is 0. The van der Waals surface area contributed by atoms with E-state index in [-0.39, 0.29) is 29.1 Å². The Morgan fingerprint density at radius 3 is 3.09 bits per heavy atom. The van der Waals surface area contributed by atoms with E-state index in [4.69, 9.17) is 16.3 Å². The highest BCUT2D eigenvalue weighted by atomic mass is 35.5. The van der Waals surface area contributed by atoms with Gasteiger partial charge in [0.05, 0.1) is 17.2 Å². The molecule has 0 unspecified atom stereocenters. The van der Waals surface area contributed by atoms with Crippen molar-refractivity contribution in [3.05, 3.63) is 47.3 Å². The van der Waals surface area contributed by atoms with Crippen molar-refractivity contribution in [3.63, 3.8) is 0 Å². The van der Waals surface area contributed by atoms with Crippen LogP contribution >= 0.6 is 11.6 Å². The van der Waals surface area contributed by atoms with Crippen LogP contribution in [0.2, 0.25) is 5.02 Å². The van der Waals surface area contributed by atoms with Crippen LogP contribution in [-0.2, 0) is 9.53 Å². The maximum atomic E-state index is 13.6. The van der Waals surface area contributed by atoms with E-state index in [9.17, 15) is 9.18 Å². The minimum Gasteiger partial charge on any atom is -0.372 e. The van der Waals surface area contributed by atoms with Gasteiger partial charge in [0, 0.05) is 19.2 Å². The zero-order chi connectivity index (χ0) is 16.1. The van der Waals surface area contributed by atoms with Gasteiger partial charge in [-0.15, -0.1) is 6.58 Å². The average Bonchev–Trinajstić information content (AvgIpc) is 2.95. The van der Waals surface area contributed by atoms with Crippen LogP contribution in [0.4, 0.5) is 4.39 Å². The highest BCUT2D eigenvalue weighted by Crippen LogP contribution is 2.31. The molecule has 1 amide bonds. The van der Waals surface area contributed by atoms with Gasteiger partial charge in [0.15, 0.2) is 0 Å².